The second-order valence-corrected chi connectivity index (χ2v) is 6.75. The fourth-order valence-electron chi connectivity index (χ4n) is 3.26. The van der Waals surface area contributed by atoms with E-state index < -0.39 is 5.97 Å². The number of pyridine rings is 1. The van der Waals surface area contributed by atoms with E-state index in [2.05, 4.69) is 4.98 Å². The van der Waals surface area contributed by atoms with Crippen LogP contribution in [0.2, 0.25) is 0 Å². The number of aromatic carboxylic acids is 1. The summed E-state index contributed by atoms with van der Waals surface area (Å²) in [6.07, 6.45) is 7.24. The quantitative estimate of drug-likeness (QED) is 0.608. The first-order chi connectivity index (χ1) is 14.5. The molecule has 0 unspecified atom stereocenters. The fourth-order valence-corrected chi connectivity index (χ4v) is 3.26. The zero-order chi connectivity index (χ0) is 21.7. The molecule has 156 valence electrons. The fraction of sp³-hybridized carbons (Fsp3) is 0.261. The molecule has 1 aromatic carbocycles. The van der Waals surface area contributed by atoms with Crippen molar-refractivity contribution in [2.45, 2.75) is 26.2 Å². The number of hydrogen-bond donors (Lipinski definition) is 1. The third kappa shape index (κ3) is 4.20. The van der Waals surface area contributed by atoms with Crippen molar-refractivity contribution in [2.75, 3.05) is 14.2 Å². The molecular weight excluding hydrogens is 384 g/mol. The maximum absolute atomic E-state index is 13.1. The van der Waals surface area contributed by atoms with Gasteiger partial charge < -0.3 is 14.6 Å². The highest BCUT2D eigenvalue weighted by atomic mass is 16.5. The molecule has 2 aromatic heterocycles. The van der Waals surface area contributed by atoms with Crippen LogP contribution >= 0.6 is 0 Å². The molecular formula is C23H24N2O5. The molecule has 2 heterocycles. The van der Waals surface area contributed by atoms with Crippen molar-refractivity contribution >= 4 is 23.8 Å². The number of hydrogen-bond acceptors (Lipinski definition) is 5. The molecule has 0 aliphatic carbocycles. The van der Waals surface area contributed by atoms with Crippen LogP contribution in [0.25, 0.3) is 17.8 Å². The lowest BCUT2D eigenvalue weighted by Crippen LogP contribution is -2.22. The van der Waals surface area contributed by atoms with Crippen LogP contribution in [0.3, 0.4) is 0 Å². The number of ether oxygens (including phenoxy) is 2. The lowest BCUT2D eigenvalue weighted by Gasteiger charge is -2.11. The number of benzene rings is 1. The van der Waals surface area contributed by atoms with Crippen LogP contribution in [0.1, 0.15) is 46.9 Å². The summed E-state index contributed by atoms with van der Waals surface area (Å²) < 4.78 is 12.1. The second-order valence-electron chi connectivity index (χ2n) is 6.75. The summed E-state index contributed by atoms with van der Waals surface area (Å²) in [7, 11) is 3.15. The third-order valence-electron chi connectivity index (χ3n) is 4.83. The lowest BCUT2D eigenvalue weighted by atomic mass is 10.1. The first kappa shape index (κ1) is 21.1. The van der Waals surface area contributed by atoms with Gasteiger partial charge in [-0.1, -0.05) is 25.5 Å². The van der Waals surface area contributed by atoms with Gasteiger partial charge in [0.1, 0.15) is 5.65 Å². The molecule has 3 rings (SSSR count). The molecule has 0 aliphatic rings. The maximum Gasteiger partial charge on any atom is 0.337 e. The Labute approximate surface area is 174 Å². The van der Waals surface area contributed by atoms with Crippen molar-refractivity contribution in [2.24, 2.45) is 0 Å². The topological polar surface area (TPSA) is 90.1 Å². The van der Waals surface area contributed by atoms with Crippen molar-refractivity contribution in [1.82, 2.24) is 9.38 Å². The van der Waals surface area contributed by atoms with E-state index in [0.717, 1.165) is 18.4 Å². The Hall–Kier alpha value is -3.61. The first-order valence-electron chi connectivity index (χ1n) is 9.67. The molecule has 0 atom stereocenters. The Morgan fingerprint density at radius 1 is 1.17 bits per heavy atom. The van der Waals surface area contributed by atoms with Gasteiger partial charge in [0, 0.05) is 17.3 Å². The first-order valence-corrected chi connectivity index (χ1v) is 9.67. The van der Waals surface area contributed by atoms with Crippen molar-refractivity contribution in [3.63, 3.8) is 0 Å². The molecule has 0 aliphatic heterocycles. The van der Waals surface area contributed by atoms with Crippen LogP contribution in [0.4, 0.5) is 0 Å². The Bertz CT molecular complexity index is 1160. The van der Waals surface area contributed by atoms with Gasteiger partial charge in [-0.15, -0.1) is 0 Å². The lowest BCUT2D eigenvalue weighted by molar-refractivity contribution is 0.0696. The summed E-state index contributed by atoms with van der Waals surface area (Å²) >= 11 is 0. The van der Waals surface area contributed by atoms with Gasteiger partial charge in [0.25, 0.3) is 5.56 Å². The van der Waals surface area contributed by atoms with Gasteiger partial charge in [0.05, 0.1) is 25.5 Å². The number of carboxylic acids is 1. The molecule has 0 saturated heterocycles. The Morgan fingerprint density at radius 3 is 2.63 bits per heavy atom. The minimum Gasteiger partial charge on any atom is -0.493 e. The standard InChI is InChI=1S/C23H24N2O5/c1-4-5-8-17-18(12-10-15-7-6-9-19(29-2)21(15)30-3)24-20-13-11-16(23(27)28)14-25(20)22(17)26/h6-7,9-14H,4-5,8H2,1-3H3,(H,27,28)/b12-10+. The van der Waals surface area contributed by atoms with Gasteiger partial charge in [-0.25, -0.2) is 9.78 Å². The van der Waals surface area contributed by atoms with E-state index in [9.17, 15) is 14.7 Å². The molecule has 0 radical (unpaired) electrons. The van der Waals surface area contributed by atoms with E-state index in [4.69, 9.17) is 9.47 Å². The van der Waals surface area contributed by atoms with Crippen LogP contribution < -0.4 is 15.0 Å². The zero-order valence-electron chi connectivity index (χ0n) is 17.2. The molecule has 0 bridgehead atoms. The summed E-state index contributed by atoms with van der Waals surface area (Å²) in [5.74, 6) is 0.113. The van der Waals surface area contributed by atoms with Crippen molar-refractivity contribution in [3.8, 4) is 11.5 Å². The monoisotopic (exact) mass is 408 g/mol. The number of methoxy groups -OCH3 is 2. The van der Waals surface area contributed by atoms with Crippen molar-refractivity contribution in [3.05, 3.63) is 69.3 Å². The van der Waals surface area contributed by atoms with E-state index in [1.54, 1.807) is 20.3 Å². The number of nitrogens with zero attached hydrogens (tertiary/aromatic N) is 2. The summed E-state index contributed by atoms with van der Waals surface area (Å²) in [5.41, 5.74) is 2.08. The Balaban J connectivity index is 2.15. The van der Waals surface area contributed by atoms with E-state index in [1.165, 1.54) is 22.7 Å². The molecule has 1 N–H and O–H groups in total. The van der Waals surface area contributed by atoms with E-state index in [0.29, 0.717) is 34.8 Å². The van der Waals surface area contributed by atoms with Crippen LogP contribution in [0.15, 0.2) is 41.3 Å². The van der Waals surface area contributed by atoms with Crippen LogP contribution in [0, 0.1) is 0 Å². The molecule has 7 nitrogen and oxygen atoms in total. The molecule has 0 amide bonds. The molecule has 7 heteroatoms. The SMILES string of the molecule is CCCCc1c(/C=C/c2cccc(OC)c2OC)nc2ccc(C(=O)O)cn2c1=O. The van der Waals surface area contributed by atoms with Gasteiger partial charge in [0.2, 0.25) is 0 Å². The van der Waals surface area contributed by atoms with Crippen LogP contribution in [-0.4, -0.2) is 34.7 Å². The van der Waals surface area contributed by atoms with Crippen LogP contribution in [0.5, 0.6) is 11.5 Å². The van der Waals surface area contributed by atoms with Crippen molar-refractivity contribution in [1.29, 1.82) is 0 Å². The number of para-hydroxylation sites is 1. The van der Waals surface area contributed by atoms with Gasteiger partial charge in [-0.05, 0) is 43.2 Å². The molecule has 0 spiro atoms. The highest BCUT2D eigenvalue weighted by molar-refractivity contribution is 5.87. The summed E-state index contributed by atoms with van der Waals surface area (Å²) in [6.45, 7) is 2.05. The highest BCUT2D eigenvalue weighted by Gasteiger charge is 2.13. The average Bonchev–Trinajstić information content (AvgIpc) is 2.76. The Kier molecular flexibility index (Phi) is 6.51. The summed E-state index contributed by atoms with van der Waals surface area (Å²) in [5, 5.41) is 9.23. The van der Waals surface area contributed by atoms with Gasteiger partial charge in [-0.3, -0.25) is 9.20 Å². The number of aromatic nitrogens is 2. The van der Waals surface area contributed by atoms with Gasteiger partial charge >= 0.3 is 5.97 Å². The van der Waals surface area contributed by atoms with Gasteiger partial charge in [-0.2, -0.15) is 0 Å². The molecule has 0 saturated carbocycles. The van der Waals surface area contributed by atoms with Crippen molar-refractivity contribution < 1.29 is 19.4 Å². The molecule has 0 fully saturated rings. The number of carboxylic acid groups (broad SMARTS) is 1. The number of rotatable bonds is 8. The number of carbonyl (C=O) groups is 1. The summed E-state index contributed by atoms with van der Waals surface area (Å²) in [4.78, 5) is 29.0. The van der Waals surface area contributed by atoms with E-state index >= 15 is 0 Å². The molecule has 3 aromatic rings. The smallest absolute Gasteiger partial charge is 0.337 e. The summed E-state index contributed by atoms with van der Waals surface area (Å²) in [6, 6.07) is 8.53. The van der Waals surface area contributed by atoms with Gasteiger partial charge in [0.15, 0.2) is 11.5 Å². The minimum atomic E-state index is -1.09. The third-order valence-corrected chi connectivity index (χ3v) is 4.83. The normalized spacial score (nSPS) is 11.2. The van der Waals surface area contributed by atoms with E-state index in [1.807, 2.05) is 31.2 Å². The number of unbranched alkanes of at least 4 members (excludes halogenated alkanes) is 1. The zero-order valence-corrected chi connectivity index (χ0v) is 17.2. The average molecular weight is 408 g/mol. The van der Waals surface area contributed by atoms with E-state index in [-0.39, 0.29) is 11.1 Å². The highest BCUT2D eigenvalue weighted by Crippen LogP contribution is 2.32. The predicted octanol–water partition coefficient (Wildman–Crippen LogP) is 3.92. The largest absolute Gasteiger partial charge is 0.493 e. The number of fused-ring (bicyclic) bond motifs is 1. The second kappa shape index (κ2) is 9.26. The predicted molar refractivity (Wildman–Crippen MR) is 116 cm³/mol. The Morgan fingerprint density at radius 2 is 1.97 bits per heavy atom. The minimum absolute atomic E-state index is 0.0391. The molecule has 30 heavy (non-hydrogen) atoms. The van der Waals surface area contributed by atoms with Crippen LogP contribution in [-0.2, 0) is 6.42 Å². The maximum atomic E-state index is 13.1.